The predicted molar refractivity (Wildman–Crippen MR) is 109 cm³/mol. The van der Waals surface area contributed by atoms with E-state index in [1.165, 1.54) is 15.3 Å². The molecule has 0 aliphatic rings. The fraction of sp³-hybridized carbons (Fsp3) is 0.263. The van der Waals surface area contributed by atoms with E-state index >= 15 is 0 Å². The summed E-state index contributed by atoms with van der Waals surface area (Å²) in [6, 6.07) is 14.7. The van der Waals surface area contributed by atoms with E-state index in [2.05, 4.69) is 50.3 Å². The number of aliphatic imine (C=N–C) groups is 1. The summed E-state index contributed by atoms with van der Waals surface area (Å²) >= 11 is 3.51. The van der Waals surface area contributed by atoms with Gasteiger partial charge in [-0.15, -0.1) is 22.7 Å². The molecular formula is C19H22N4S2. The number of thiazole rings is 1. The third-order valence-corrected chi connectivity index (χ3v) is 5.66. The summed E-state index contributed by atoms with van der Waals surface area (Å²) in [5.74, 6) is 0.829. The van der Waals surface area contributed by atoms with Gasteiger partial charge in [-0.2, -0.15) is 0 Å². The molecule has 0 unspecified atom stereocenters. The van der Waals surface area contributed by atoms with Crippen LogP contribution >= 0.6 is 22.7 Å². The molecule has 2 aromatic heterocycles. The predicted octanol–water partition coefficient (Wildman–Crippen LogP) is 4.09. The van der Waals surface area contributed by atoms with Crippen LogP contribution in [0.25, 0.3) is 10.6 Å². The molecule has 0 spiro atoms. The Kier molecular flexibility index (Phi) is 6.19. The maximum atomic E-state index is 4.55. The maximum absolute atomic E-state index is 4.55. The number of nitrogens with one attached hydrogen (secondary N) is 2. The SMILES string of the molecule is CN=C(NCCc1ccc(-c2csc(C)n2)s1)NCc1ccccc1. The van der Waals surface area contributed by atoms with Crippen molar-refractivity contribution in [3.63, 3.8) is 0 Å². The molecule has 1 aromatic carbocycles. The first-order valence-corrected chi connectivity index (χ1v) is 9.94. The molecule has 3 rings (SSSR count). The van der Waals surface area contributed by atoms with E-state index < -0.39 is 0 Å². The van der Waals surface area contributed by atoms with E-state index in [0.717, 1.165) is 36.2 Å². The quantitative estimate of drug-likeness (QED) is 0.508. The molecule has 0 fully saturated rings. The third kappa shape index (κ3) is 5.14. The Labute approximate surface area is 156 Å². The largest absolute Gasteiger partial charge is 0.356 e. The van der Waals surface area contributed by atoms with Gasteiger partial charge in [-0.3, -0.25) is 4.99 Å². The Hall–Kier alpha value is -2.18. The molecule has 0 bridgehead atoms. The minimum Gasteiger partial charge on any atom is -0.356 e. The van der Waals surface area contributed by atoms with Gasteiger partial charge in [0.25, 0.3) is 0 Å². The second-order valence-electron chi connectivity index (χ2n) is 5.61. The van der Waals surface area contributed by atoms with Gasteiger partial charge in [0.1, 0.15) is 0 Å². The first-order valence-electron chi connectivity index (χ1n) is 8.24. The van der Waals surface area contributed by atoms with Crippen molar-refractivity contribution in [2.24, 2.45) is 4.99 Å². The highest BCUT2D eigenvalue weighted by molar-refractivity contribution is 7.16. The zero-order valence-electron chi connectivity index (χ0n) is 14.5. The van der Waals surface area contributed by atoms with E-state index in [0.29, 0.717) is 0 Å². The number of guanidine groups is 1. The lowest BCUT2D eigenvalue weighted by Gasteiger charge is -2.11. The monoisotopic (exact) mass is 370 g/mol. The lowest BCUT2D eigenvalue weighted by molar-refractivity contribution is 0.799. The highest BCUT2D eigenvalue weighted by Gasteiger charge is 2.06. The fourth-order valence-electron chi connectivity index (χ4n) is 2.43. The van der Waals surface area contributed by atoms with Crippen molar-refractivity contribution in [3.05, 3.63) is 63.3 Å². The number of benzene rings is 1. The van der Waals surface area contributed by atoms with Crippen LogP contribution in [0.4, 0.5) is 0 Å². The van der Waals surface area contributed by atoms with E-state index in [1.54, 1.807) is 18.4 Å². The van der Waals surface area contributed by atoms with Crippen molar-refractivity contribution < 1.29 is 0 Å². The highest BCUT2D eigenvalue weighted by Crippen LogP contribution is 2.29. The van der Waals surface area contributed by atoms with Crippen LogP contribution in [0.2, 0.25) is 0 Å². The van der Waals surface area contributed by atoms with E-state index in [4.69, 9.17) is 0 Å². The van der Waals surface area contributed by atoms with Crippen LogP contribution in [0.1, 0.15) is 15.4 Å². The minimum atomic E-state index is 0.771. The summed E-state index contributed by atoms with van der Waals surface area (Å²) in [5, 5.41) is 9.95. The van der Waals surface area contributed by atoms with Crippen LogP contribution < -0.4 is 10.6 Å². The Bertz CT molecular complexity index is 821. The van der Waals surface area contributed by atoms with Crippen molar-refractivity contribution in [3.8, 4) is 10.6 Å². The number of hydrogen-bond acceptors (Lipinski definition) is 4. The van der Waals surface area contributed by atoms with E-state index in [1.807, 2.05) is 36.5 Å². The third-order valence-electron chi connectivity index (χ3n) is 3.72. The average Bonchev–Trinajstić information content (AvgIpc) is 3.27. The van der Waals surface area contributed by atoms with Gasteiger partial charge in [-0.05, 0) is 31.0 Å². The first-order chi connectivity index (χ1) is 12.2. The van der Waals surface area contributed by atoms with Crippen molar-refractivity contribution in [2.45, 2.75) is 19.9 Å². The summed E-state index contributed by atoms with van der Waals surface area (Å²) in [6.07, 6.45) is 0.972. The van der Waals surface area contributed by atoms with Crippen LogP contribution in [0.15, 0.2) is 52.8 Å². The molecule has 0 aliphatic carbocycles. The summed E-state index contributed by atoms with van der Waals surface area (Å²) in [4.78, 5) is 11.4. The van der Waals surface area contributed by atoms with Crippen LogP contribution in [-0.2, 0) is 13.0 Å². The van der Waals surface area contributed by atoms with Gasteiger partial charge in [0.2, 0.25) is 0 Å². The second-order valence-corrected chi connectivity index (χ2v) is 7.84. The van der Waals surface area contributed by atoms with Crippen LogP contribution in [0, 0.1) is 6.92 Å². The Morgan fingerprint density at radius 2 is 1.96 bits per heavy atom. The molecule has 0 radical (unpaired) electrons. The molecule has 0 saturated carbocycles. The van der Waals surface area contributed by atoms with Gasteiger partial charge in [0.05, 0.1) is 15.6 Å². The van der Waals surface area contributed by atoms with Gasteiger partial charge in [-0.1, -0.05) is 30.3 Å². The Morgan fingerprint density at radius 3 is 2.68 bits per heavy atom. The maximum Gasteiger partial charge on any atom is 0.191 e. The lowest BCUT2D eigenvalue weighted by Crippen LogP contribution is -2.37. The number of aromatic nitrogens is 1. The van der Waals surface area contributed by atoms with Crippen molar-refractivity contribution >= 4 is 28.6 Å². The fourth-order valence-corrected chi connectivity index (χ4v) is 4.09. The zero-order chi connectivity index (χ0) is 17.5. The molecule has 25 heavy (non-hydrogen) atoms. The molecule has 130 valence electrons. The summed E-state index contributed by atoms with van der Waals surface area (Å²) in [7, 11) is 1.80. The first kappa shape index (κ1) is 17.6. The van der Waals surface area contributed by atoms with Gasteiger partial charge in [-0.25, -0.2) is 4.98 Å². The van der Waals surface area contributed by atoms with Crippen LogP contribution in [0.5, 0.6) is 0 Å². The summed E-state index contributed by atoms with van der Waals surface area (Å²) in [5.41, 5.74) is 2.33. The topological polar surface area (TPSA) is 49.3 Å². The molecule has 2 N–H and O–H groups in total. The van der Waals surface area contributed by atoms with Crippen LogP contribution in [-0.4, -0.2) is 24.5 Å². The number of thiophene rings is 1. The molecule has 0 aliphatic heterocycles. The van der Waals surface area contributed by atoms with Gasteiger partial charge >= 0.3 is 0 Å². The van der Waals surface area contributed by atoms with Gasteiger partial charge in [0.15, 0.2) is 5.96 Å². The van der Waals surface area contributed by atoms with E-state index in [-0.39, 0.29) is 0 Å². The molecule has 2 heterocycles. The molecule has 6 heteroatoms. The van der Waals surface area contributed by atoms with E-state index in [9.17, 15) is 0 Å². The molecule has 4 nitrogen and oxygen atoms in total. The minimum absolute atomic E-state index is 0.771. The highest BCUT2D eigenvalue weighted by atomic mass is 32.1. The number of hydrogen-bond donors (Lipinski definition) is 2. The second kappa shape index (κ2) is 8.78. The molecule has 3 aromatic rings. The zero-order valence-corrected chi connectivity index (χ0v) is 16.1. The Morgan fingerprint density at radius 1 is 1.12 bits per heavy atom. The van der Waals surface area contributed by atoms with Crippen molar-refractivity contribution in [1.29, 1.82) is 0 Å². The Balaban J connectivity index is 1.46. The number of rotatable bonds is 6. The summed E-state index contributed by atoms with van der Waals surface area (Å²) < 4.78 is 0. The lowest BCUT2D eigenvalue weighted by atomic mass is 10.2. The molecule has 0 atom stereocenters. The van der Waals surface area contributed by atoms with Crippen LogP contribution in [0.3, 0.4) is 0 Å². The normalized spacial score (nSPS) is 11.5. The van der Waals surface area contributed by atoms with Crippen molar-refractivity contribution in [1.82, 2.24) is 15.6 Å². The standard InChI is InChI=1S/C19H22N4S2/c1-14-23-17(13-24-14)18-9-8-16(25-18)10-11-21-19(20-2)22-12-15-6-4-3-5-7-15/h3-9,13H,10-12H2,1-2H3,(H2,20,21,22). The molecule has 0 saturated heterocycles. The smallest absolute Gasteiger partial charge is 0.191 e. The summed E-state index contributed by atoms with van der Waals surface area (Å²) in [6.45, 7) is 3.66. The average molecular weight is 371 g/mol. The number of nitrogens with zero attached hydrogens (tertiary/aromatic N) is 2. The van der Waals surface area contributed by atoms with Gasteiger partial charge < -0.3 is 10.6 Å². The van der Waals surface area contributed by atoms with Crippen molar-refractivity contribution in [2.75, 3.05) is 13.6 Å². The molecule has 0 amide bonds. The van der Waals surface area contributed by atoms with Gasteiger partial charge in [0, 0.05) is 30.4 Å². The molecular weight excluding hydrogens is 348 g/mol. The number of aryl methyl sites for hydroxylation is 1.